The van der Waals surface area contributed by atoms with Gasteiger partial charge < -0.3 is 71.8 Å². The van der Waals surface area contributed by atoms with Crippen LogP contribution in [0.15, 0.2) is 152 Å². The number of aliphatic hydroxyl groups excluding tert-OH is 1. The van der Waals surface area contributed by atoms with Crippen molar-refractivity contribution in [2.45, 2.75) is 76.2 Å². The van der Waals surface area contributed by atoms with Crippen molar-refractivity contribution in [1.29, 1.82) is 0 Å². The van der Waals surface area contributed by atoms with Gasteiger partial charge in [-0.2, -0.15) is 0 Å². The van der Waals surface area contributed by atoms with Gasteiger partial charge in [0.2, 0.25) is 11.8 Å². The maximum atomic E-state index is 13.3. The number of hydrogen-bond donors (Lipinski definition) is 11. The lowest BCUT2D eigenvalue weighted by Gasteiger charge is -2.28. The number of anilines is 1. The number of carboxylic acid groups (broad SMARTS) is 2. The summed E-state index contributed by atoms with van der Waals surface area (Å²) >= 11 is 0. The van der Waals surface area contributed by atoms with Gasteiger partial charge in [0.05, 0.1) is 11.1 Å². The first kappa shape index (κ1) is 63.0. The SMILES string of the molecule is C=CCOC(=O)NCCCC[C@H](NC(=O)[C@H](Cc1c[nH]c2ccccc12)NC(=O)[C@@H](C)NC(=O)OCC=C)C(=O)O.CC(C)(NCC(O)COc1cccc2[nH]c3ccccc3c12)c1ccc(N=[N+]=[N-])cc1.Nc1ccc(C(=O)O)cc1. The lowest BCUT2D eigenvalue weighted by molar-refractivity contribution is -0.142. The summed E-state index contributed by atoms with van der Waals surface area (Å²) in [6.07, 6.45) is 3.37. The number of carboxylic acids is 2. The van der Waals surface area contributed by atoms with Gasteiger partial charge in [0.1, 0.15) is 49.8 Å². The maximum absolute atomic E-state index is 13.3. The summed E-state index contributed by atoms with van der Waals surface area (Å²) in [7, 11) is 0. The highest BCUT2D eigenvalue weighted by atomic mass is 16.6. The van der Waals surface area contributed by atoms with Crippen LogP contribution in [0.4, 0.5) is 21.0 Å². The number of amides is 4. The summed E-state index contributed by atoms with van der Waals surface area (Å²) in [6.45, 7) is 13.2. The van der Waals surface area contributed by atoms with Gasteiger partial charge in [0, 0.05) is 74.7 Å². The second-order valence-corrected chi connectivity index (χ2v) is 19.1. The minimum absolute atomic E-state index is 0.0438. The Labute approximate surface area is 472 Å². The molecule has 0 aliphatic carbocycles. The molecule has 82 heavy (non-hydrogen) atoms. The molecule has 0 spiro atoms. The third-order valence-electron chi connectivity index (χ3n) is 12.5. The zero-order valence-corrected chi connectivity index (χ0v) is 45.7. The number of benzene rings is 5. The third-order valence-corrected chi connectivity index (χ3v) is 12.5. The van der Waals surface area contributed by atoms with E-state index >= 15 is 0 Å². The van der Waals surface area contributed by atoms with Crippen molar-refractivity contribution in [3.8, 4) is 5.75 Å². The maximum Gasteiger partial charge on any atom is 0.408 e. The van der Waals surface area contributed by atoms with Crippen molar-refractivity contribution < 1.29 is 58.3 Å². The number of H-pyrrole nitrogens is 2. The minimum atomic E-state index is -1.24. The van der Waals surface area contributed by atoms with Crippen LogP contribution in [0.3, 0.4) is 0 Å². The minimum Gasteiger partial charge on any atom is -0.490 e. The third kappa shape index (κ3) is 19.5. The molecule has 12 N–H and O–H groups in total. The normalized spacial score (nSPS) is 12.2. The Kier molecular flexibility index (Phi) is 24.3. The van der Waals surface area contributed by atoms with Crippen molar-refractivity contribution in [2.75, 3.05) is 38.6 Å². The number of rotatable bonds is 26. The number of carbonyl (C=O) groups excluding carboxylic acids is 4. The fraction of sp³-hybridized carbons (Fsp3) is 0.288. The van der Waals surface area contributed by atoms with Gasteiger partial charge in [-0.15, -0.1) is 0 Å². The van der Waals surface area contributed by atoms with Crippen LogP contribution in [-0.2, 0) is 35.8 Å². The number of aliphatic carboxylic acids is 1. The molecule has 7 aromatic rings. The molecule has 2 aromatic heterocycles. The monoisotopic (exact) mass is 1120 g/mol. The fourth-order valence-corrected chi connectivity index (χ4v) is 8.15. The summed E-state index contributed by atoms with van der Waals surface area (Å²) < 4.78 is 15.6. The Bertz CT molecular complexity index is 3340. The Morgan fingerprint density at radius 1 is 0.768 bits per heavy atom. The van der Waals surface area contributed by atoms with E-state index < -0.39 is 60.2 Å². The number of aliphatic hydroxyl groups is 1. The predicted molar refractivity (Wildman–Crippen MR) is 312 cm³/mol. The molecule has 0 radical (unpaired) electrons. The lowest BCUT2D eigenvalue weighted by Crippen LogP contribution is -2.55. The van der Waals surface area contributed by atoms with E-state index in [1.165, 1.54) is 31.2 Å². The molecule has 0 bridgehead atoms. The second-order valence-electron chi connectivity index (χ2n) is 19.1. The number of unbranched alkanes of at least 4 members (excludes halogenated alkanes) is 1. The number of aromatic nitrogens is 2. The van der Waals surface area contributed by atoms with Crippen LogP contribution in [0.5, 0.6) is 5.75 Å². The summed E-state index contributed by atoms with van der Waals surface area (Å²) in [5.41, 5.74) is 19.6. The summed E-state index contributed by atoms with van der Waals surface area (Å²) in [6, 6.07) is 31.4. The number of nitrogen functional groups attached to an aromatic ring is 1. The number of nitrogens with zero attached hydrogens (tertiary/aromatic N) is 3. The van der Waals surface area contributed by atoms with Gasteiger partial charge in [-0.3, -0.25) is 9.59 Å². The largest absolute Gasteiger partial charge is 0.490 e. The van der Waals surface area contributed by atoms with Crippen LogP contribution in [0.2, 0.25) is 0 Å². The highest BCUT2D eigenvalue weighted by Gasteiger charge is 2.29. The van der Waals surface area contributed by atoms with Gasteiger partial charge in [-0.1, -0.05) is 97.2 Å². The second kappa shape index (κ2) is 31.7. The fourth-order valence-electron chi connectivity index (χ4n) is 8.15. The first-order chi connectivity index (χ1) is 39.3. The number of aromatic amines is 2. The molecule has 23 nitrogen and oxygen atoms in total. The van der Waals surface area contributed by atoms with Crippen LogP contribution in [0.25, 0.3) is 43.2 Å². The molecule has 0 fully saturated rings. The predicted octanol–water partition coefficient (Wildman–Crippen LogP) is 8.64. The topological polar surface area (TPSA) is 357 Å². The summed E-state index contributed by atoms with van der Waals surface area (Å²) in [4.78, 5) is 81.0. The summed E-state index contributed by atoms with van der Waals surface area (Å²) in [5, 5.41) is 48.6. The quantitative estimate of drug-likeness (QED) is 0.00604. The molecule has 2 heterocycles. The van der Waals surface area contributed by atoms with E-state index in [4.69, 9.17) is 30.6 Å². The highest BCUT2D eigenvalue weighted by molar-refractivity contribution is 6.10. The molecule has 4 atom stereocenters. The molecule has 0 saturated carbocycles. The molecule has 23 heteroatoms. The molecule has 0 aliphatic rings. The molecule has 432 valence electrons. The van der Waals surface area contributed by atoms with Crippen molar-refractivity contribution in [1.82, 2.24) is 36.6 Å². The number of hydrogen-bond acceptors (Lipinski definition) is 13. The molecular weight excluding hydrogens is 1050 g/mol. The number of carbonyl (C=O) groups is 6. The molecule has 7 rings (SSSR count). The number of aromatic carboxylic acids is 1. The van der Waals surface area contributed by atoms with Gasteiger partial charge in [-0.05, 0) is 105 Å². The van der Waals surface area contributed by atoms with Gasteiger partial charge >= 0.3 is 24.1 Å². The Morgan fingerprint density at radius 2 is 1.40 bits per heavy atom. The van der Waals surface area contributed by atoms with Gasteiger partial charge in [0.25, 0.3) is 0 Å². The van der Waals surface area contributed by atoms with E-state index in [0.717, 1.165) is 49.6 Å². The van der Waals surface area contributed by atoms with E-state index in [9.17, 15) is 39.0 Å². The molecule has 0 aliphatic heterocycles. The molecule has 1 unspecified atom stereocenters. The highest BCUT2D eigenvalue weighted by Crippen LogP contribution is 2.33. The lowest BCUT2D eigenvalue weighted by atomic mass is 9.94. The van der Waals surface area contributed by atoms with E-state index in [-0.39, 0.29) is 50.3 Å². The van der Waals surface area contributed by atoms with Crippen molar-refractivity contribution in [2.24, 2.45) is 5.11 Å². The standard InChI is InChI=1S/C28H37N5O8.C24H25N5O2.C7H7NO2/c1-4-14-40-27(38)29-13-9-8-12-22(26(36)37)32-25(35)23(16-19-17-30-21-11-7-6-10-20(19)21)33-24(34)18(3)31-28(39)41-15-5-2;1-24(2,16-10-12-17(13-11-16)28-29-25)26-14-18(30)15-31-22-9-5-8-21-23(22)19-6-3-4-7-20(19)27-21;8-6-3-1-5(2-4-6)7(9)10/h4-7,10-11,17-18,22-23,30H,1-2,8-9,12-16H2,3H3,(H,29,38)(H,31,39)(H,32,35)(H,33,34)(H,36,37);3-13,18,26-27,30H,14-15H2,1-2H3;1-4H,8H2,(H,9,10)/t18-,22+,23+;;/m1../s1. The van der Waals surface area contributed by atoms with E-state index in [2.05, 4.69) is 65.8 Å². The number of alkyl carbamates (subject to hydrolysis) is 2. The van der Waals surface area contributed by atoms with Crippen molar-refractivity contribution in [3.05, 3.63) is 174 Å². The van der Waals surface area contributed by atoms with E-state index in [1.807, 2.05) is 86.6 Å². The molecule has 4 amide bonds. The van der Waals surface area contributed by atoms with Gasteiger partial charge in [-0.25, -0.2) is 19.2 Å². The first-order valence-corrected chi connectivity index (χ1v) is 26.1. The molecule has 0 saturated heterocycles. The van der Waals surface area contributed by atoms with Crippen LogP contribution >= 0.6 is 0 Å². The number of ether oxygens (including phenoxy) is 3. The van der Waals surface area contributed by atoms with Crippen molar-refractivity contribution in [3.63, 3.8) is 0 Å². The van der Waals surface area contributed by atoms with Crippen LogP contribution in [0.1, 0.15) is 61.5 Å². The van der Waals surface area contributed by atoms with Gasteiger partial charge in [0.15, 0.2) is 0 Å². The van der Waals surface area contributed by atoms with Crippen LogP contribution in [0, 0.1) is 0 Å². The van der Waals surface area contributed by atoms with Crippen molar-refractivity contribution >= 4 is 80.0 Å². The smallest absolute Gasteiger partial charge is 0.408 e. The zero-order valence-electron chi connectivity index (χ0n) is 45.7. The Balaban J connectivity index is 0.000000262. The number of nitrogens with one attached hydrogen (secondary N) is 7. The molecular formula is C59H69N11O12. The first-order valence-electron chi connectivity index (χ1n) is 26.1. The van der Waals surface area contributed by atoms with E-state index in [1.54, 1.807) is 30.5 Å². The van der Waals surface area contributed by atoms with Crippen LogP contribution in [-0.4, -0.2) is 118 Å². The van der Waals surface area contributed by atoms with Crippen LogP contribution < -0.4 is 37.1 Å². The summed E-state index contributed by atoms with van der Waals surface area (Å²) in [5.74, 6) is -2.79. The Hall–Kier alpha value is -9.83. The average molecular weight is 1120 g/mol. The number of fused-ring (bicyclic) bond motifs is 4. The zero-order chi connectivity index (χ0) is 59.6. The Morgan fingerprint density at radius 3 is 2.06 bits per heavy atom. The van der Waals surface area contributed by atoms with E-state index in [0.29, 0.717) is 30.8 Å². The number of nitrogens with two attached hydrogens (primary N) is 1. The average Bonchev–Trinajstić information content (AvgIpc) is 3.95. The molecule has 5 aromatic carbocycles. The number of azide groups is 1. The number of para-hydroxylation sites is 2.